The molecule has 0 radical (unpaired) electrons. The Bertz CT molecular complexity index is 550. The van der Waals surface area contributed by atoms with Gasteiger partial charge in [0.25, 0.3) is 0 Å². The van der Waals surface area contributed by atoms with E-state index in [1.165, 1.54) is 12.3 Å². The van der Waals surface area contributed by atoms with Crippen LogP contribution in [0, 0.1) is 0 Å². The summed E-state index contributed by atoms with van der Waals surface area (Å²) < 4.78 is 40.6. The summed E-state index contributed by atoms with van der Waals surface area (Å²) in [4.78, 5) is 4.05. The smallest absolute Gasteiger partial charge is 0.422 e. The summed E-state index contributed by atoms with van der Waals surface area (Å²) in [5, 5.41) is 8.94. The van der Waals surface area contributed by atoms with Gasteiger partial charge in [-0.1, -0.05) is 24.3 Å². The maximum Gasteiger partial charge on any atom is 0.422 e. The first kappa shape index (κ1) is 14.3. The molecule has 1 aromatic carbocycles. The summed E-state index contributed by atoms with van der Waals surface area (Å²) in [6.07, 6.45) is -3.11. The lowest BCUT2D eigenvalue weighted by Crippen LogP contribution is -2.19. The van der Waals surface area contributed by atoms with Gasteiger partial charge >= 0.3 is 6.18 Å². The number of aliphatic hydroxyl groups is 1. The molecule has 0 saturated heterocycles. The van der Waals surface area contributed by atoms with Gasteiger partial charge < -0.3 is 9.84 Å². The number of aliphatic hydroxyl groups excluding tert-OH is 1. The largest absolute Gasteiger partial charge is 0.483 e. The summed E-state index contributed by atoms with van der Waals surface area (Å²) in [6, 6.07) is 10.1. The molecule has 0 aliphatic carbocycles. The number of alkyl halides is 3. The van der Waals surface area contributed by atoms with Crippen molar-refractivity contribution < 1.29 is 23.0 Å². The summed E-state index contributed by atoms with van der Waals surface area (Å²) in [5.74, 6) is 0.0676. The molecule has 2 rings (SSSR count). The molecule has 2 aromatic rings. The molecule has 20 heavy (non-hydrogen) atoms. The van der Waals surface area contributed by atoms with Crippen LogP contribution < -0.4 is 4.74 Å². The molecule has 1 heterocycles. The normalized spacial score (nSPS) is 11.4. The Labute approximate surface area is 113 Å². The Balaban J connectivity index is 2.07. The van der Waals surface area contributed by atoms with Gasteiger partial charge in [-0.3, -0.25) is 4.98 Å². The first-order valence-corrected chi connectivity index (χ1v) is 5.84. The predicted molar refractivity (Wildman–Crippen MR) is 67.1 cm³/mol. The van der Waals surface area contributed by atoms with Gasteiger partial charge in [0.1, 0.15) is 5.75 Å². The maximum absolute atomic E-state index is 12.0. The molecule has 0 aliphatic heterocycles. The summed E-state index contributed by atoms with van der Waals surface area (Å²) in [6.45, 7) is -1.38. The molecule has 1 N–H and O–H groups in total. The number of ether oxygens (including phenoxy) is 1. The molecular formula is C14H12F3NO2. The molecule has 106 valence electrons. The lowest BCUT2D eigenvalue weighted by Gasteiger charge is -2.09. The number of pyridine rings is 1. The van der Waals surface area contributed by atoms with E-state index in [-0.39, 0.29) is 12.4 Å². The van der Waals surface area contributed by atoms with Crippen LogP contribution in [0.5, 0.6) is 5.75 Å². The average Bonchev–Trinajstić information content (AvgIpc) is 2.45. The molecule has 0 unspecified atom stereocenters. The van der Waals surface area contributed by atoms with Crippen LogP contribution in [0.1, 0.15) is 5.56 Å². The van der Waals surface area contributed by atoms with E-state index >= 15 is 0 Å². The minimum Gasteiger partial charge on any atom is -0.483 e. The van der Waals surface area contributed by atoms with Gasteiger partial charge in [0, 0.05) is 5.56 Å². The van der Waals surface area contributed by atoms with Crippen LogP contribution in [0.25, 0.3) is 11.3 Å². The van der Waals surface area contributed by atoms with Crippen molar-refractivity contribution in [1.82, 2.24) is 4.98 Å². The van der Waals surface area contributed by atoms with E-state index in [0.29, 0.717) is 5.69 Å². The number of nitrogens with zero attached hydrogens (tertiary/aromatic N) is 1. The van der Waals surface area contributed by atoms with Crippen molar-refractivity contribution in [2.24, 2.45) is 0 Å². The summed E-state index contributed by atoms with van der Waals surface area (Å²) >= 11 is 0. The molecule has 3 nitrogen and oxygen atoms in total. The quantitative estimate of drug-likeness (QED) is 0.937. The Hall–Kier alpha value is -2.08. The highest BCUT2D eigenvalue weighted by Crippen LogP contribution is 2.22. The van der Waals surface area contributed by atoms with E-state index in [1.807, 2.05) is 0 Å². The highest BCUT2D eigenvalue weighted by molar-refractivity contribution is 5.59. The van der Waals surface area contributed by atoms with Crippen LogP contribution in [0.4, 0.5) is 13.2 Å². The topological polar surface area (TPSA) is 42.4 Å². The summed E-state index contributed by atoms with van der Waals surface area (Å²) in [5.41, 5.74) is 2.21. The molecule has 0 fully saturated rings. The summed E-state index contributed by atoms with van der Waals surface area (Å²) in [7, 11) is 0. The van der Waals surface area contributed by atoms with Crippen molar-refractivity contribution in [3.05, 3.63) is 48.2 Å². The number of rotatable bonds is 4. The number of aromatic nitrogens is 1. The third-order valence-electron chi connectivity index (χ3n) is 2.57. The fourth-order valence-corrected chi connectivity index (χ4v) is 1.58. The Kier molecular flexibility index (Phi) is 4.24. The van der Waals surface area contributed by atoms with Crippen LogP contribution in [-0.4, -0.2) is 22.9 Å². The van der Waals surface area contributed by atoms with Gasteiger partial charge in [-0.15, -0.1) is 0 Å². The zero-order valence-electron chi connectivity index (χ0n) is 10.4. The third-order valence-corrected chi connectivity index (χ3v) is 2.57. The number of benzene rings is 1. The van der Waals surface area contributed by atoms with Crippen molar-refractivity contribution >= 4 is 0 Å². The van der Waals surface area contributed by atoms with E-state index in [1.54, 1.807) is 30.3 Å². The van der Waals surface area contributed by atoms with E-state index < -0.39 is 12.8 Å². The zero-order valence-corrected chi connectivity index (χ0v) is 10.4. The minimum absolute atomic E-state index is 0.0437. The second kappa shape index (κ2) is 5.92. The van der Waals surface area contributed by atoms with Gasteiger partial charge in [0.2, 0.25) is 0 Å². The number of hydrogen-bond donors (Lipinski definition) is 1. The molecule has 0 amide bonds. The van der Waals surface area contributed by atoms with Crippen LogP contribution in [0.2, 0.25) is 0 Å². The highest BCUT2D eigenvalue weighted by Gasteiger charge is 2.28. The Morgan fingerprint density at radius 2 is 1.75 bits per heavy atom. The lowest BCUT2D eigenvalue weighted by molar-refractivity contribution is -0.153. The van der Waals surface area contributed by atoms with Gasteiger partial charge in [-0.05, 0) is 17.7 Å². The molecule has 0 aliphatic rings. The fourth-order valence-electron chi connectivity index (χ4n) is 1.58. The van der Waals surface area contributed by atoms with Crippen molar-refractivity contribution in [3.63, 3.8) is 0 Å². The Morgan fingerprint density at radius 1 is 1.05 bits per heavy atom. The van der Waals surface area contributed by atoms with E-state index in [9.17, 15) is 13.2 Å². The maximum atomic E-state index is 12.0. The predicted octanol–water partition coefficient (Wildman–Crippen LogP) is 3.18. The molecule has 0 bridgehead atoms. The van der Waals surface area contributed by atoms with Gasteiger partial charge in [0.15, 0.2) is 6.61 Å². The second-order valence-electron chi connectivity index (χ2n) is 4.14. The fraction of sp³-hybridized carbons (Fsp3) is 0.214. The lowest BCUT2D eigenvalue weighted by atomic mass is 10.1. The minimum atomic E-state index is -4.36. The van der Waals surface area contributed by atoms with Gasteiger partial charge in [-0.25, -0.2) is 0 Å². The zero-order chi connectivity index (χ0) is 14.6. The first-order chi connectivity index (χ1) is 9.48. The molecular weight excluding hydrogens is 271 g/mol. The standard InChI is InChI=1S/C14H12F3NO2/c15-14(16,17)9-20-12-5-6-13(18-7-12)11-3-1-10(8-19)2-4-11/h1-7,19H,8-9H2. The van der Waals surface area contributed by atoms with Gasteiger partial charge in [0.05, 0.1) is 18.5 Å². The third kappa shape index (κ3) is 3.96. The van der Waals surface area contributed by atoms with Crippen LogP contribution >= 0.6 is 0 Å². The van der Waals surface area contributed by atoms with Crippen molar-refractivity contribution in [2.75, 3.05) is 6.61 Å². The van der Waals surface area contributed by atoms with E-state index in [2.05, 4.69) is 9.72 Å². The molecule has 0 saturated carbocycles. The SMILES string of the molecule is OCc1ccc(-c2ccc(OCC(F)(F)F)cn2)cc1. The van der Waals surface area contributed by atoms with Crippen molar-refractivity contribution in [1.29, 1.82) is 0 Å². The number of hydrogen-bond acceptors (Lipinski definition) is 3. The molecule has 6 heteroatoms. The first-order valence-electron chi connectivity index (χ1n) is 5.84. The van der Waals surface area contributed by atoms with Gasteiger partial charge in [-0.2, -0.15) is 13.2 Å². The molecule has 0 spiro atoms. The second-order valence-corrected chi connectivity index (χ2v) is 4.14. The monoisotopic (exact) mass is 283 g/mol. The van der Waals surface area contributed by atoms with Crippen LogP contribution in [0.3, 0.4) is 0 Å². The molecule has 1 aromatic heterocycles. The van der Waals surface area contributed by atoms with Crippen molar-refractivity contribution in [3.8, 4) is 17.0 Å². The number of halogens is 3. The van der Waals surface area contributed by atoms with Crippen molar-refractivity contribution in [2.45, 2.75) is 12.8 Å². The Morgan fingerprint density at radius 3 is 2.25 bits per heavy atom. The van der Waals surface area contributed by atoms with E-state index in [0.717, 1.165) is 11.1 Å². The van der Waals surface area contributed by atoms with Crippen LogP contribution in [-0.2, 0) is 6.61 Å². The molecule has 0 atom stereocenters. The van der Waals surface area contributed by atoms with Crippen LogP contribution in [0.15, 0.2) is 42.6 Å². The highest BCUT2D eigenvalue weighted by atomic mass is 19.4. The average molecular weight is 283 g/mol. The van der Waals surface area contributed by atoms with E-state index in [4.69, 9.17) is 5.11 Å².